The first kappa shape index (κ1) is 10.2. The molecule has 1 heterocycles. The van der Waals surface area contributed by atoms with E-state index in [0.717, 1.165) is 17.2 Å². The number of benzene rings is 1. The molecule has 77 valence electrons. The summed E-state index contributed by atoms with van der Waals surface area (Å²) in [5, 5.41) is 4.25. The summed E-state index contributed by atoms with van der Waals surface area (Å²) >= 11 is 1.70. The van der Waals surface area contributed by atoms with Crippen LogP contribution >= 0.6 is 11.3 Å². The van der Waals surface area contributed by atoms with Gasteiger partial charge in [0.15, 0.2) is 5.13 Å². The van der Waals surface area contributed by atoms with Crippen molar-refractivity contribution in [3.63, 3.8) is 0 Å². The normalized spacial score (nSPS) is 10.3. The largest absolute Gasteiger partial charge is 0.332 e. The Kier molecular flexibility index (Phi) is 3.02. The van der Waals surface area contributed by atoms with E-state index in [1.807, 2.05) is 24.3 Å². The highest BCUT2D eigenvalue weighted by Gasteiger charge is 2.05. The monoisotopic (exact) mass is 217 g/mol. The van der Waals surface area contributed by atoms with Gasteiger partial charge in [0.05, 0.1) is 5.69 Å². The summed E-state index contributed by atoms with van der Waals surface area (Å²) in [6.07, 6.45) is 0.993. The van der Waals surface area contributed by atoms with Crippen LogP contribution in [0.2, 0.25) is 0 Å². The van der Waals surface area contributed by atoms with E-state index < -0.39 is 0 Å². The average Bonchev–Trinajstić information content (AvgIpc) is 2.60. The Morgan fingerprint density at radius 1 is 1.40 bits per heavy atom. The molecule has 2 nitrogen and oxygen atoms in total. The van der Waals surface area contributed by atoms with Gasteiger partial charge in [0.1, 0.15) is 0 Å². The van der Waals surface area contributed by atoms with Gasteiger partial charge in [0.25, 0.3) is 0 Å². The zero-order valence-electron chi connectivity index (χ0n) is 8.87. The Morgan fingerprint density at radius 3 is 2.73 bits per heavy atom. The van der Waals surface area contributed by atoms with Crippen molar-refractivity contribution < 1.29 is 0 Å². The second kappa shape index (κ2) is 4.45. The molecule has 0 fully saturated rings. The van der Waals surface area contributed by atoms with Crippen LogP contribution in [-0.2, 0) is 6.42 Å². The van der Waals surface area contributed by atoms with Gasteiger partial charge in [-0.2, -0.15) is 0 Å². The van der Waals surface area contributed by atoms with Crippen molar-refractivity contribution in [2.75, 3.05) is 5.32 Å². The van der Waals surface area contributed by atoms with Crippen LogP contribution in [0.4, 0.5) is 10.8 Å². The van der Waals surface area contributed by atoms with Crippen molar-refractivity contribution in [3.05, 3.63) is 40.9 Å². The van der Waals surface area contributed by atoms with E-state index in [9.17, 15) is 0 Å². The first-order valence-corrected chi connectivity index (χ1v) is 5.80. The lowest BCUT2D eigenvalue weighted by atomic mass is 10.3. The minimum Gasteiger partial charge on any atom is -0.332 e. The fourth-order valence-electron chi connectivity index (χ4n) is 1.40. The number of hydrogen-bond donors (Lipinski definition) is 1. The minimum atomic E-state index is 0.968. The summed E-state index contributed by atoms with van der Waals surface area (Å²) in [6, 6.07) is 10.8. The summed E-state index contributed by atoms with van der Waals surface area (Å²) in [5.74, 6) is 0. The molecular weight excluding hydrogens is 204 g/mol. The molecule has 0 aliphatic rings. The van der Waals surface area contributed by atoms with Crippen LogP contribution in [0.5, 0.6) is 0 Å². The predicted octanol–water partition coefficient (Wildman–Crippen LogP) is 3.56. The van der Waals surface area contributed by atoms with Crippen molar-refractivity contribution in [3.8, 4) is 0 Å². The molecule has 3 heteroatoms. The van der Waals surface area contributed by atoms with Crippen molar-refractivity contribution >= 4 is 22.2 Å². The third-order valence-corrected chi connectivity index (χ3v) is 3.13. The van der Waals surface area contributed by atoms with E-state index in [-0.39, 0.29) is 0 Å². The number of hydrogen-bond acceptors (Lipinski definition) is 3. The number of nitrogens with one attached hydrogen (secondary N) is 1. The van der Waals surface area contributed by atoms with Crippen molar-refractivity contribution in [1.82, 2.24) is 4.98 Å². The minimum absolute atomic E-state index is 0.968. The van der Waals surface area contributed by atoms with Crippen LogP contribution < -0.4 is 5.32 Å². The summed E-state index contributed by atoms with van der Waals surface area (Å²) < 4.78 is 0. The van der Waals surface area contributed by atoms with E-state index in [4.69, 9.17) is 0 Å². The Morgan fingerprint density at radius 2 is 2.13 bits per heavy atom. The van der Waals surface area contributed by atoms with E-state index in [1.54, 1.807) is 11.3 Å². The number of rotatable bonds is 3. The third kappa shape index (κ3) is 2.36. The van der Waals surface area contributed by atoms with Gasteiger partial charge >= 0.3 is 0 Å². The maximum Gasteiger partial charge on any atom is 0.187 e. The maximum absolute atomic E-state index is 4.52. The van der Waals surface area contributed by atoms with Gasteiger partial charge in [-0.25, -0.2) is 4.98 Å². The molecule has 15 heavy (non-hydrogen) atoms. The molecule has 1 aromatic carbocycles. The molecule has 1 N–H and O–H groups in total. The lowest BCUT2D eigenvalue weighted by Gasteiger charge is -2.00. The Hall–Kier alpha value is -1.35. The highest BCUT2D eigenvalue weighted by atomic mass is 32.1. The van der Waals surface area contributed by atoms with Crippen molar-refractivity contribution in [2.45, 2.75) is 20.3 Å². The predicted molar refractivity (Wildman–Crippen MR) is 64.8 cm³/mol. The van der Waals surface area contributed by atoms with Gasteiger partial charge < -0.3 is 5.32 Å². The van der Waals surface area contributed by atoms with Gasteiger partial charge in [-0.1, -0.05) is 19.1 Å². The molecule has 0 atom stereocenters. The molecule has 2 rings (SSSR count). The topological polar surface area (TPSA) is 24.9 Å². The van der Waals surface area contributed by atoms with Gasteiger partial charge in [-0.05, 0) is 31.5 Å². The molecule has 0 unspecified atom stereocenters. The van der Waals surface area contributed by atoms with Gasteiger partial charge in [-0.15, -0.1) is 11.3 Å². The van der Waals surface area contributed by atoms with E-state index in [2.05, 4.69) is 30.2 Å². The Bertz CT molecular complexity index is 434. The molecule has 1 radical (unpaired) electrons. The van der Waals surface area contributed by atoms with Crippen LogP contribution in [-0.4, -0.2) is 4.98 Å². The van der Waals surface area contributed by atoms with E-state index in [1.165, 1.54) is 10.6 Å². The van der Waals surface area contributed by atoms with Gasteiger partial charge in [0.2, 0.25) is 0 Å². The van der Waals surface area contributed by atoms with Gasteiger partial charge in [0, 0.05) is 10.6 Å². The zero-order valence-corrected chi connectivity index (χ0v) is 9.69. The zero-order chi connectivity index (χ0) is 10.7. The third-order valence-electron chi connectivity index (χ3n) is 2.20. The lowest BCUT2D eigenvalue weighted by Crippen LogP contribution is -1.89. The summed E-state index contributed by atoms with van der Waals surface area (Å²) in [7, 11) is 0. The Labute approximate surface area is 94.0 Å². The standard InChI is InChI=1S/C12H13N2S/c1-3-11-9(2)15-12(14-11)13-10-7-5-4-6-8-10/h5-8H,3H2,1-2H3,(H,13,14). The second-order valence-corrected chi connectivity index (χ2v) is 4.49. The lowest BCUT2D eigenvalue weighted by molar-refractivity contribution is 1.05. The molecule has 2 aromatic rings. The van der Waals surface area contributed by atoms with Crippen LogP contribution in [0, 0.1) is 13.0 Å². The van der Waals surface area contributed by atoms with Crippen molar-refractivity contribution in [2.24, 2.45) is 0 Å². The molecule has 0 amide bonds. The summed E-state index contributed by atoms with van der Waals surface area (Å²) in [4.78, 5) is 5.81. The smallest absolute Gasteiger partial charge is 0.187 e. The molecular formula is C12H13N2S. The number of thiazole rings is 1. The van der Waals surface area contributed by atoms with Crippen molar-refractivity contribution in [1.29, 1.82) is 0 Å². The number of aryl methyl sites for hydroxylation is 2. The quantitative estimate of drug-likeness (QED) is 0.850. The number of anilines is 2. The molecule has 0 spiro atoms. The Balaban J connectivity index is 2.18. The highest BCUT2D eigenvalue weighted by molar-refractivity contribution is 7.15. The van der Waals surface area contributed by atoms with Crippen LogP contribution in [0.25, 0.3) is 0 Å². The van der Waals surface area contributed by atoms with E-state index in [0.29, 0.717) is 0 Å². The molecule has 0 aliphatic carbocycles. The van der Waals surface area contributed by atoms with Crippen LogP contribution in [0.3, 0.4) is 0 Å². The summed E-state index contributed by atoms with van der Waals surface area (Å²) in [6.45, 7) is 4.24. The van der Waals surface area contributed by atoms with Gasteiger partial charge in [-0.3, -0.25) is 0 Å². The number of aromatic nitrogens is 1. The van der Waals surface area contributed by atoms with E-state index >= 15 is 0 Å². The first-order chi connectivity index (χ1) is 7.29. The maximum atomic E-state index is 4.52. The van der Waals surface area contributed by atoms with Crippen LogP contribution in [0.15, 0.2) is 24.3 Å². The van der Waals surface area contributed by atoms with Crippen LogP contribution in [0.1, 0.15) is 17.5 Å². The first-order valence-electron chi connectivity index (χ1n) is 4.99. The average molecular weight is 217 g/mol. The SMILES string of the molecule is CCc1nc(Nc2cc[c]cc2)sc1C. The fraction of sp³-hybridized carbons (Fsp3) is 0.250. The molecule has 1 aromatic heterocycles. The molecule has 0 bridgehead atoms. The number of nitrogens with zero attached hydrogens (tertiary/aromatic N) is 1. The highest BCUT2D eigenvalue weighted by Crippen LogP contribution is 2.25. The molecule has 0 saturated heterocycles. The molecule has 0 saturated carbocycles. The second-order valence-electron chi connectivity index (χ2n) is 3.29. The molecule has 0 aliphatic heterocycles. The summed E-state index contributed by atoms with van der Waals surface area (Å²) in [5.41, 5.74) is 2.25. The fourth-order valence-corrected chi connectivity index (χ4v) is 2.33.